The van der Waals surface area contributed by atoms with Gasteiger partial charge in [0.1, 0.15) is 23.7 Å². The standard InChI is InChI=1S/C15H23N3O2/c1-9(2)7-18-14(16-8-17-18)6-13(19)15-10(3)11(4)20-12(15)5/h8-9,13,19H,6-7H2,1-5H3. The first kappa shape index (κ1) is 14.8. The summed E-state index contributed by atoms with van der Waals surface area (Å²) in [5.74, 6) is 2.94. The second kappa shape index (κ2) is 5.79. The summed E-state index contributed by atoms with van der Waals surface area (Å²) in [6.07, 6.45) is 1.39. The van der Waals surface area contributed by atoms with Gasteiger partial charge >= 0.3 is 0 Å². The maximum absolute atomic E-state index is 10.5. The van der Waals surface area contributed by atoms with Crippen molar-refractivity contribution in [2.45, 2.75) is 53.7 Å². The molecule has 2 rings (SSSR count). The van der Waals surface area contributed by atoms with Gasteiger partial charge in [0, 0.05) is 18.5 Å². The molecule has 1 atom stereocenters. The second-order valence-electron chi connectivity index (χ2n) is 5.73. The van der Waals surface area contributed by atoms with Crippen LogP contribution >= 0.6 is 0 Å². The highest BCUT2D eigenvalue weighted by Gasteiger charge is 2.21. The topological polar surface area (TPSA) is 64.1 Å². The Hall–Kier alpha value is -1.62. The van der Waals surface area contributed by atoms with Gasteiger partial charge in [-0.1, -0.05) is 13.8 Å². The van der Waals surface area contributed by atoms with Gasteiger partial charge < -0.3 is 9.52 Å². The summed E-state index contributed by atoms with van der Waals surface area (Å²) in [5.41, 5.74) is 1.89. The fourth-order valence-corrected chi connectivity index (χ4v) is 2.52. The van der Waals surface area contributed by atoms with Gasteiger partial charge in [0.15, 0.2) is 0 Å². The van der Waals surface area contributed by atoms with Crippen LogP contribution in [0.4, 0.5) is 0 Å². The Morgan fingerprint density at radius 1 is 1.25 bits per heavy atom. The molecule has 0 amide bonds. The molecule has 1 unspecified atom stereocenters. The van der Waals surface area contributed by atoms with Crippen molar-refractivity contribution in [2.75, 3.05) is 0 Å². The Kier molecular flexibility index (Phi) is 4.28. The first-order valence-corrected chi connectivity index (χ1v) is 7.01. The molecule has 110 valence electrons. The molecule has 0 bridgehead atoms. The Bertz CT molecular complexity index is 584. The molecule has 0 aliphatic carbocycles. The van der Waals surface area contributed by atoms with E-state index >= 15 is 0 Å². The predicted octanol–water partition coefficient (Wildman–Crippen LogP) is 2.73. The lowest BCUT2D eigenvalue weighted by atomic mass is 10.0. The molecule has 0 aliphatic heterocycles. The van der Waals surface area contributed by atoms with Crippen LogP contribution in [0.2, 0.25) is 0 Å². The molecule has 2 aromatic heterocycles. The van der Waals surface area contributed by atoms with Crippen molar-refractivity contribution >= 4 is 0 Å². The number of furan rings is 1. The van der Waals surface area contributed by atoms with E-state index in [4.69, 9.17) is 4.42 Å². The Morgan fingerprint density at radius 2 is 1.95 bits per heavy atom. The molecule has 0 aromatic carbocycles. The summed E-state index contributed by atoms with van der Waals surface area (Å²) in [7, 11) is 0. The zero-order chi connectivity index (χ0) is 14.9. The Labute approximate surface area is 119 Å². The van der Waals surface area contributed by atoms with E-state index in [2.05, 4.69) is 23.9 Å². The summed E-state index contributed by atoms with van der Waals surface area (Å²) in [4.78, 5) is 4.26. The Balaban J connectivity index is 2.19. The van der Waals surface area contributed by atoms with E-state index in [1.807, 2.05) is 25.5 Å². The van der Waals surface area contributed by atoms with Crippen LogP contribution in [-0.2, 0) is 13.0 Å². The number of aliphatic hydroxyl groups is 1. The SMILES string of the molecule is Cc1oc(C)c(C(O)Cc2ncnn2CC(C)C)c1C. The number of hydrogen-bond donors (Lipinski definition) is 1. The van der Waals surface area contributed by atoms with Crippen molar-refractivity contribution < 1.29 is 9.52 Å². The van der Waals surface area contributed by atoms with E-state index in [1.165, 1.54) is 0 Å². The van der Waals surface area contributed by atoms with Crippen LogP contribution < -0.4 is 0 Å². The molecule has 0 fully saturated rings. The minimum atomic E-state index is -0.609. The van der Waals surface area contributed by atoms with Crippen LogP contribution in [-0.4, -0.2) is 19.9 Å². The molecule has 5 heteroatoms. The van der Waals surface area contributed by atoms with Gasteiger partial charge in [0.25, 0.3) is 0 Å². The van der Waals surface area contributed by atoms with E-state index < -0.39 is 6.10 Å². The number of hydrogen-bond acceptors (Lipinski definition) is 4. The molecule has 2 heterocycles. The molecule has 0 saturated carbocycles. The number of aromatic nitrogens is 3. The van der Waals surface area contributed by atoms with E-state index in [9.17, 15) is 5.11 Å². The van der Waals surface area contributed by atoms with Crippen LogP contribution in [0.3, 0.4) is 0 Å². The average Bonchev–Trinajstić information content (AvgIpc) is 2.85. The highest BCUT2D eigenvalue weighted by molar-refractivity contribution is 5.33. The van der Waals surface area contributed by atoms with Gasteiger partial charge in [-0.15, -0.1) is 0 Å². The van der Waals surface area contributed by atoms with E-state index in [-0.39, 0.29) is 0 Å². The van der Waals surface area contributed by atoms with Gasteiger partial charge in [-0.05, 0) is 32.3 Å². The number of aryl methyl sites for hydroxylation is 2. The van der Waals surface area contributed by atoms with E-state index in [0.717, 1.165) is 35.0 Å². The monoisotopic (exact) mass is 277 g/mol. The fraction of sp³-hybridized carbons (Fsp3) is 0.600. The molecule has 0 spiro atoms. The average molecular weight is 277 g/mol. The minimum Gasteiger partial charge on any atom is -0.466 e. The van der Waals surface area contributed by atoms with Crippen molar-refractivity contribution in [3.05, 3.63) is 34.8 Å². The third kappa shape index (κ3) is 2.93. The quantitative estimate of drug-likeness (QED) is 0.912. The van der Waals surface area contributed by atoms with Crippen molar-refractivity contribution in [1.82, 2.24) is 14.8 Å². The van der Waals surface area contributed by atoms with Crippen molar-refractivity contribution in [3.8, 4) is 0 Å². The van der Waals surface area contributed by atoms with Gasteiger partial charge in [0.05, 0.1) is 6.10 Å². The van der Waals surface area contributed by atoms with Gasteiger partial charge in [-0.3, -0.25) is 0 Å². The highest BCUT2D eigenvalue weighted by Crippen LogP contribution is 2.28. The number of aliphatic hydroxyl groups excluding tert-OH is 1. The molecule has 5 nitrogen and oxygen atoms in total. The van der Waals surface area contributed by atoms with E-state index in [1.54, 1.807) is 6.33 Å². The van der Waals surface area contributed by atoms with Crippen molar-refractivity contribution in [2.24, 2.45) is 5.92 Å². The lowest BCUT2D eigenvalue weighted by molar-refractivity contribution is 0.171. The second-order valence-corrected chi connectivity index (χ2v) is 5.73. The van der Waals surface area contributed by atoms with Crippen molar-refractivity contribution in [3.63, 3.8) is 0 Å². The van der Waals surface area contributed by atoms with Gasteiger partial charge in [-0.2, -0.15) is 5.10 Å². The van der Waals surface area contributed by atoms with Crippen LogP contribution in [0.15, 0.2) is 10.7 Å². The maximum Gasteiger partial charge on any atom is 0.138 e. The van der Waals surface area contributed by atoms with Gasteiger partial charge in [0.2, 0.25) is 0 Å². The number of rotatable bonds is 5. The molecule has 0 saturated heterocycles. The largest absolute Gasteiger partial charge is 0.466 e. The zero-order valence-electron chi connectivity index (χ0n) is 12.8. The lowest BCUT2D eigenvalue weighted by Crippen LogP contribution is -2.14. The molecule has 0 radical (unpaired) electrons. The Morgan fingerprint density at radius 3 is 2.50 bits per heavy atom. The van der Waals surface area contributed by atoms with E-state index in [0.29, 0.717) is 12.3 Å². The third-order valence-corrected chi connectivity index (χ3v) is 3.56. The van der Waals surface area contributed by atoms with Crippen LogP contribution in [0.25, 0.3) is 0 Å². The molecule has 0 aliphatic rings. The normalized spacial score (nSPS) is 13.2. The summed E-state index contributed by atoms with van der Waals surface area (Å²) in [5, 5.41) is 14.7. The van der Waals surface area contributed by atoms with Gasteiger partial charge in [-0.25, -0.2) is 9.67 Å². The van der Waals surface area contributed by atoms with Crippen LogP contribution in [0.1, 0.15) is 48.4 Å². The fourth-order valence-electron chi connectivity index (χ4n) is 2.52. The summed E-state index contributed by atoms with van der Waals surface area (Å²) in [6.45, 7) is 10.9. The van der Waals surface area contributed by atoms with Crippen molar-refractivity contribution in [1.29, 1.82) is 0 Å². The first-order valence-electron chi connectivity index (χ1n) is 7.01. The molecular formula is C15H23N3O2. The third-order valence-electron chi connectivity index (χ3n) is 3.56. The summed E-state index contributed by atoms with van der Waals surface area (Å²) >= 11 is 0. The van der Waals surface area contributed by atoms with Crippen LogP contribution in [0, 0.1) is 26.7 Å². The summed E-state index contributed by atoms with van der Waals surface area (Å²) < 4.78 is 7.44. The molecular weight excluding hydrogens is 254 g/mol. The lowest BCUT2D eigenvalue weighted by Gasteiger charge is -2.13. The summed E-state index contributed by atoms with van der Waals surface area (Å²) in [6, 6.07) is 0. The molecule has 1 N–H and O–H groups in total. The minimum absolute atomic E-state index is 0.452. The molecule has 20 heavy (non-hydrogen) atoms. The predicted molar refractivity (Wildman–Crippen MR) is 76.4 cm³/mol. The van der Waals surface area contributed by atoms with Crippen LogP contribution in [0.5, 0.6) is 0 Å². The smallest absolute Gasteiger partial charge is 0.138 e. The molecule has 2 aromatic rings. The maximum atomic E-state index is 10.5. The number of nitrogens with zero attached hydrogens (tertiary/aromatic N) is 3. The highest BCUT2D eigenvalue weighted by atomic mass is 16.3. The zero-order valence-corrected chi connectivity index (χ0v) is 12.8. The first-order chi connectivity index (χ1) is 9.40.